The molecule has 3 heterocycles. The summed E-state index contributed by atoms with van der Waals surface area (Å²) in [5.74, 6) is 0.552. The quantitative estimate of drug-likeness (QED) is 0.656. The number of anilines is 1. The van der Waals surface area contributed by atoms with E-state index < -0.39 is 0 Å². The van der Waals surface area contributed by atoms with E-state index in [1.807, 2.05) is 39.1 Å². The standard InChI is InChI=1S/C20H24N4O3S/c1-12-7-8-16(26-4)17-18(12)28-20(21-17)24(11-14-6-5-9-27-14)19(25)15-10-13(2)23(3)22-15/h7-8,10,14H,5-6,9,11H2,1-4H3/t14-/m1/s1. The van der Waals surface area contributed by atoms with Gasteiger partial charge in [0.1, 0.15) is 11.3 Å². The Labute approximate surface area is 167 Å². The number of aryl methyl sites for hydroxylation is 3. The molecule has 0 spiro atoms. The monoisotopic (exact) mass is 400 g/mol. The molecule has 0 N–H and O–H groups in total. The minimum absolute atomic E-state index is 0.0174. The Morgan fingerprint density at radius 3 is 2.89 bits per heavy atom. The maximum absolute atomic E-state index is 13.3. The third-order valence-corrected chi connectivity index (χ3v) is 6.34. The highest BCUT2D eigenvalue weighted by Crippen LogP contribution is 2.37. The van der Waals surface area contributed by atoms with Gasteiger partial charge >= 0.3 is 0 Å². The van der Waals surface area contributed by atoms with Crippen LogP contribution in [-0.4, -0.2) is 47.0 Å². The van der Waals surface area contributed by atoms with Crippen LogP contribution >= 0.6 is 11.3 Å². The normalized spacial score (nSPS) is 16.6. The van der Waals surface area contributed by atoms with Crippen LogP contribution in [0.15, 0.2) is 18.2 Å². The lowest BCUT2D eigenvalue weighted by molar-refractivity contribution is 0.0913. The summed E-state index contributed by atoms with van der Waals surface area (Å²) in [6.07, 6.45) is 1.98. The van der Waals surface area contributed by atoms with Gasteiger partial charge in [0.15, 0.2) is 10.8 Å². The molecule has 28 heavy (non-hydrogen) atoms. The zero-order chi connectivity index (χ0) is 19.8. The highest BCUT2D eigenvalue weighted by molar-refractivity contribution is 7.22. The molecule has 3 aromatic rings. The van der Waals surface area contributed by atoms with Crippen molar-refractivity contribution in [1.82, 2.24) is 14.8 Å². The number of rotatable bonds is 5. The number of thiazole rings is 1. The molecule has 1 saturated heterocycles. The Hall–Kier alpha value is -2.45. The minimum atomic E-state index is -0.158. The van der Waals surface area contributed by atoms with E-state index in [-0.39, 0.29) is 12.0 Å². The maximum atomic E-state index is 13.3. The van der Waals surface area contributed by atoms with Crippen LogP contribution < -0.4 is 9.64 Å². The Morgan fingerprint density at radius 1 is 1.43 bits per heavy atom. The Morgan fingerprint density at radius 2 is 2.25 bits per heavy atom. The minimum Gasteiger partial charge on any atom is -0.494 e. The predicted octanol–water partition coefficient (Wildman–Crippen LogP) is 3.48. The van der Waals surface area contributed by atoms with Gasteiger partial charge in [-0.05, 0) is 44.4 Å². The molecule has 0 unspecified atom stereocenters. The van der Waals surface area contributed by atoms with Gasteiger partial charge in [0.05, 0.1) is 24.5 Å². The first-order valence-corrected chi connectivity index (χ1v) is 10.2. The number of ether oxygens (including phenoxy) is 2. The van der Waals surface area contributed by atoms with Gasteiger partial charge in [-0.3, -0.25) is 14.4 Å². The van der Waals surface area contributed by atoms with Crippen LogP contribution in [0.2, 0.25) is 0 Å². The summed E-state index contributed by atoms with van der Waals surface area (Å²) < 4.78 is 14.0. The highest BCUT2D eigenvalue weighted by atomic mass is 32.1. The molecule has 1 fully saturated rings. The van der Waals surface area contributed by atoms with E-state index in [9.17, 15) is 4.79 Å². The highest BCUT2D eigenvalue weighted by Gasteiger charge is 2.29. The third-order valence-electron chi connectivity index (χ3n) is 5.13. The molecule has 7 nitrogen and oxygen atoms in total. The zero-order valence-electron chi connectivity index (χ0n) is 16.6. The summed E-state index contributed by atoms with van der Waals surface area (Å²) in [5.41, 5.74) is 3.24. The van der Waals surface area contributed by atoms with Crippen LogP contribution in [0.4, 0.5) is 5.13 Å². The Balaban J connectivity index is 1.77. The number of nitrogens with zero attached hydrogens (tertiary/aromatic N) is 4. The average molecular weight is 401 g/mol. The number of carbonyl (C=O) groups excluding carboxylic acids is 1. The van der Waals surface area contributed by atoms with Crippen molar-refractivity contribution in [3.05, 3.63) is 35.2 Å². The first kappa shape index (κ1) is 18.9. The van der Waals surface area contributed by atoms with Gasteiger partial charge in [0.2, 0.25) is 0 Å². The van der Waals surface area contributed by atoms with E-state index in [2.05, 4.69) is 5.10 Å². The maximum Gasteiger partial charge on any atom is 0.280 e. The van der Waals surface area contributed by atoms with Gasteiger partial charge in [0.25, 0.3) is 5.91 Å². The lowest BCUT2D eigenvalue weighted by atomic mass is 10.2. The number of hydrogen-bond donors (Lipinski definition) is 0. The van der Waals surface area contributed by atoms with E-state index in [1.165, 1.54) is 11.3 Å². The second kappa shape index (κ2) is 7.52. The van der Waals surface area contributed by atoms with E-state index in [0.717, 1.165) is 40.9 Å². The molecule has 0 saturated carbocycles. The molecule has 1 aliphatic heterocycles. The van der Waals surface area contributed by atoms with Crippen molar-refractivity contribution in [2.75, 3.05) is 25.2 Å². The predicted molar refractivity (Wildman–Crippen MR) is 110 cm³/mol. The molecule has 0 bridgehead atoms. The van der Waals surface area contributed by atoms with Gasteiger partial charge < -0.3 is 9.47 Å². The van der Waals surface area contributed by atoms with Crippen molar-refractivity contribution >= 4 is 32.6 Å². The van der Waals surface area contributed by atoms with Crippen LogP contribution in [0, 0.1) is 13.8 Å². The van der Waals surface area contributed by atoms with Crippen molar-refractivity contribution in [1.29, 1.82) is 0 Å². The smallest absolute Gasteiger partial charge is 0.280 e. The fraction of sp³-hybridized carbons (Fsp3) is 0.450. The summed E-state index contributed by atoms with van der Waals surface area (Å²) in [6, 6.07) is 5.73. The van der Waals surface area contributed by atoms with Crippen LogP contribution in [-0.2, 0) is 11.8 Å². The van der Waals surface area contributed by atoms with Gasteiger partial charge in [-0.1, -0.05) is 17.4 Å². The largest absolute Gasteiger partial charge is 0.494 e. The van der Waals surface area contributed by atoms with Crippen molar-refractivity contribution in [3.8, 4) is 5.75 Å². The van der Waals surface area contributed by atoms with Crippen molar-refractivity contribution < 1.29 is 14.3 Å². The second-order valence-electron chi connectivity index (χ2n) is 7.10. The molecular formula is C20H24N4O3S. The number of methoxy groups -OCH3 is 1. The van der Waals surface area contributed by atoms with E-state index in [1.54, 1.807) is 16.7 Å². The molecule has 1 aromatic carbocycles. The second-order valence-corrected chi connectivity index (χ2v) is 8.08. The van der Waals surface area contributed by atoms with Crippen LogP contribution in [0.25, 0.3) is 10.2 Å². The van der Waals surface area contributed by atoms with Gasteiger partial charge in [-0.2, -0.15) is 5.10 Å². The molecule has 2 aromatic heterocycles. The molecule has 4 rings (SSSR count). The number of benzene rings is 1. The zero-order valence-corrected chi connectivity index (χ0v) is 17.4. The first-order chi connectivity index (χ1) is 13.5. The van der Waals surface area contributed by atoms with Crippen LogP contribution in [0.3, 0.4) is 0 Å². The number of hydrogen-bond acceptors (Lipinski definition) is 6. The molecular weight excluding hydrogens is 376 g/mol. The van der Waals surface area contributed by atoms with Crippen molar-refractivity contribution in [2.24, 2.45) is 7.05 Å². The van der Waals surface area contributed by atoms with Gasteiger partial charge in [-0.15, -0.1) is 0 Å². The number of fused-ring (bicyclic) bond motifs is 1. The van der Waals surface area contributed by atoms with Crippen molar-refractivity contribution in [2.45, 2.75) is 32.8 Å². The topological polar surface area (TPSA) is 69.5 Å². The lowest BCUT2D eigenvalue weighted by Crippen LogP contribution is -2.37. The van der Waals surface area contributed by atoms with E-state index in [0.29, 0.717) is 23.1 Å². The molecule has 0 radical (unpaired) electrons. The molecule has 1 atom stereocenters. The van der Waals surface area contributed by atoms with E-state index >= 15 is 0 Å². The third kappa shape index (κ3) is 3.38. The number of carbonyl (C=O) groups is 1. The Kier molecular flexibility index (Phi) is 5.07. The van der Waals surface area contributed by atoms with E-state index in [4.69, 9.17) is 14.5 Å². The van der Waals surface area contributed by atoms with Crippen molar-refractivity contribution in [3.63, 3.8) is 0 Å². The summed E-state index contributed by atoms with van der Waals surface area (Å²) >= 11 is 1.50. The Bertz CT molecular complexity index is 1000. The molecule has 148 valence electrons. The first-order valence-electron chi connectivity index (χ1n) is 9.36. The molecule has 1 amide bonds. The fourth-order valence-corrected chi connectivity index (χ4v) is 4.48. The summed E-state index contributed by atoms with van der Waals surface area (Å²) in [4.78, 5) is 19.8. The molecule has 1 aliphatic rings. The average Bonchev–Trinajstić information content (AvgIpc) is 3.41. The number of aromatic nitrogens is 3. The molecule has 0 aliphatic carbocycles. The van der Waals surface area contributed by atoms with Crippen LogP contribution in [0.1, 0.15) is 34.6 Å². The molecule has 8 heteroatoms. The summed E-state index contributed by atoms with van der Waals surface area (Å²) in [7, 11) is 3.47. The SMILES string of the molecule is COc1ccc(C)c2sc(N(C[C@H]3CCCO3)C(=O)c3cc(C)n(C)n3)nc12. The summed E-state index contributed by atoms with van der Waals surface area (Å²) in [6.45, 7) is 5.18. The van der Waals surface area contributed by atoms with Crippen LogP contribution in [0.5, 0.6) is 5.75 Å². The lowest BCUT2D eigenvalue weighted by Gasteiger charge is -2.22. The fourth-order valence-electron chi connectivity index (χ4n) is 3.42. The van der Waals surface area contributed by atoms with Gasteiger partial charge in [0, 0.05) is 19.3 Å². The summed E-state index contributed by atoms with van der Waals surface area (Å²) in [5, 5.41) is 5.02. The van der Waals surface area contributed by atoms with Gasteiger partial charge in [-0.25, -0.2) is 4.98 Å². The number of amides is 1.